The maximum absolute atomic E-state index is 12.7. The van der Waals surface area contributed by atoms with Crippen LogP contribution in [0.5, 0.6) is 5.75 Å². The van der Waals surface area contributed by atoms with Crippen LogP contribution in [0.2, 0.25) is 0 Å². The topological polar surface area (TPSA) is 97.4 Å². The zero-order chi connectivity index (χ0) is 21.4. The van der Waals surface area contributed by atoms with Gasteiger partial charge in [0.15, 0.2) is 11.6 Å². The molecule has 1 aromatic heterocycles. The van der Waals surface area contributed by atoms with Crippen molar-refractivity contribution in [2.24, 2.45) is 5.92 Å². The zero-order valence-corrected chi connectivity index (χ0v) is 18.1. The Balaban J connectivity index is 1.66. The van der Waals surface area contributed by atoms with E-state index < -0.39 is 10.0 Å². The number of carbonyl (C=O) groups is 1. The molecule has 0 spiro atoms. The maximum Gasteiger partial charge on any atom is 0.256 e. The number of hydrogen-bond donors (Lipinski definition) is 2. The molecule has 7 nitrogen and oxygen atoms in total. The Bertz CT molecular complexity index is 956. The quantitative estimate of drug-likeness (QED) is 0.611. The van der Waals surface area contributed by atoms with Crippen molar-refractivity contribution in [3.8, 4) is 5.75 Å². The van der Waals surface area contributed by atoms with Crippen molar-refractivity contribution in [1.29, 1.82) is 0 Å². The Morgan fingerprint density at radius 1 is 1.17 bits per heavy atom. The number of nitrogens with one attached hydrogen (secondary N) is 2. The van der Waals surface area contributed by atoms with Gasteiger partial charge in [0, 0.05) is 17.4 Å². The van der Waals surface area contributed by atoms with Crippen LogP contribution in [-0.4, -0.2) is 31.7 Å². The van der Waals surface area contributed by atoms with E-state index >= 15 is 0 Å². The molecule has 0 bridgehead atoms. The van der Waals surface area contributed by atoms with Gasteiger partial charge in [-0.2, -0.15) is 0 Å². The van der Waals surface area contributed by atoms with Gasteiger partial charge in [-0.05, 0) is 55.5 Å². The number of rotatable bonds is 9. The van der Waals surface area contributed by atoms with Gasteiger partial charge >= 0.3 is 0 Å². The standard InChI is InChI=1S/C22H29N3O4S/c1-2-14-30(27,28)25-19-11-6-10-18(15-19)22(26)24-21-20(12-7-13-23-21)29-16-17-8-4-3-5-9-17/h6-7,10-13,15,17,25H,2-5,8-9,14,16H2,1H3,(H,23,24,26). The molecule has 0 saturated heterocycles. The molecule has 1 amide bonds. The summed E-state index contributed by atoms with van der Waals surface area (Å²) in [5.41, 5.74) is 0.682. The lowest BCUT2D eigenvalue weighted by molar-refractivity contribution is 0.102. The number of hydrogen-bond acceptors (Lipinski definition) is 5. The van der Waals surface area contributed by atoms with Crippen molar-refractivity contribution in [2.45, 2.75) is 45.4 Å². The number of benzene rings is 1. The number of carbonyl (C=O) groups excluding carboxylic acids is 1. The largest absolute Gasteiger partial charge is 0.489 e. The van der Waals surface area contributed by atoms with Crippen LogP contribution in [0.15, 0.2) is 42.6 Å². The Morgan fingerprint density at radius 2 is 1.97 bits per heavy atom. The van der Waals surface area contributed by atoms with Gasteiger partial charge in [-0.15, -0.1) is 0 Å². The summed E-state index contributed by atoms with van der Waals surface area (Å²) in [6.07, 6.45) is 8.22. The molecule has 162 valence electrons. The first kappa shape index (κ1) is 22.1. The average Bonchev–Trinajstić information content (AvgIpc) is 2.73. The molecule has 0 aliphatic heterocycles. The van der Waals surface area contributed by atoms with Crippen molar-refractivity contribution in [1.82, 2.24) is 4.98 Å². The fourth-order valence-corrected chi connectivity index (χ4v) is 4.69. The van der Waals surface area contributed by atoms with Crippen molar-refractivity contribution in [2.75, 3.05) is 22.4 Å². The SMILES string of the molecule is CCCS(=O)(=O)Nc1cccc(C(=O)Nc2ncccc2OCC2CCCCC2)c1. The van der Waals surface area contributed by atoms with Gasteiger partial charge in [-0.1, -0.05) is 32.3 Å². The highest BCUT2D eigenvalue weighted by molar-refractivity contribution is 7.92. The van der Waals surface area contributed by atoms with E-state index in [4.69, 9.17) is 4.74 Å². The number of amides is 1. The Hall–Kier alpha value is -2.61. The third-order valence-corrected chi connectivity index (χ3v) is 6.57. The fourth-order valence-electron chi connectivity index (χ4n) is 3.57. The Kier molecular flexibility index (Phi) is 7.68. The van der Waals surface area contributed by atoms with E-state index in [-0.39, 0.29) is 11.7 Å². The molecule has 0 atom stereocenters. The first-order valence-corrected chi connectivity index (χ1v) is 12.1. The molecule has 1 heterocycles. The van der Waals surface area contributed by atoms with Crippen LogP contribution < -0.4 is 14.8 Å². The fraction of sp³-hybridized carbons (Fsp3) is 0.455. The molecule has 2 N–H and O–H groups in total. The second-order valence-electron chi connectivity index (χ2n) is 7.62. The van der Waals surface area contributed by atoms with Crippen LogP contribution >= 0.6 is 0 Å². The van der Waals surface area contributed by atoms with Gasteiger partial charge < -0.3 is 10.1 Å². The minimum absolute atomic E-state index is 0.0268. The van der Waals surface area contributed by atoms with Gasteiger partial charge in [-0.3, -0.25) is 9.52 Å². The maximum atomic E-state index is 12.7. The van der Waals surface area contributed by atoms with Crippen LogP contribution in [0.1, 0.15) is 55.8 Å². The van der Waals surface area contributed by atoms with Gasteiger partial charge in [0.25, 0.3) is 5.91 Å². The average molecular weight is 432 g/mol. The van der Waals surface area contributed by atoms with Crippen LogP contribution in [0.25, 0.3) is 0 Å². The Labute approximate surface area is 178 Å². The van der Waals surface area contributed by atoms with E-state index in [1.165, 1.54) is 38.2 Å². The molecule has 3 rings (SSSR count). The highest BCUT2D eigenvalue weighted by Crippen LogP contribution is 2.27. The lowest BCUT2D eigenvalue weighted by atomic mass is 9.90. The highest BCUT2D eigenvalue weighted by atomic mass is 32.2. The Morgan fingerprint density at radius 3 is 2.73 bits per heavy atom. The predicted octanol–water partition coefficient (Wildman–Crippen LogP) is 4.44. The van der Waals surface area contributed by atoms with Crippen LogP contribution in [0.4, 0.5) is 11.5 Å². The third kappa shape index (κ3) is 6.45. The number of aromatic nitrogens is 1. The monoisotopic (exact) mass is 431 g/mol. The van der Waals surface area contributed by atoms with Crippen LogP contribution in [0.3, 0.4) is 0 Å². The van der Waals surface area contributed by atoms with E-state index in [1.807, 2.05) is 0 Å². The summed E-state index contributed by atoms with van der Waals surface area (Å²) in [7, 11) is -3.42. The minimum atomic E-state index is -3.42. The van der Waals surface area contributed by atoms with Crippen molar-refractivity contribution >= 4 is 27.4 Å². The van der Waals surface area contributed by atoms with Crippen molar-refractivity contribution in [3.05, 3.63) is 48.2 Å². The van der Waals surface area contributed by atoms with E-state index in [0.717, 1.165) is 0 Å². The lowest BCUT2D eigenvalue weighted by Crippen LogP contribution is -2.18. The van der Waals surface area contributed by atoms with Gasteiger partial charge in [0.2, 0.25) is 10.0 Å². The highest BCUT2D eigenvalue weighted by Gasteiger charge is 2.17. The molecule has 1 saturated carbocycles. The second-order valence-corrected chi connectivity index (χ2v) is 9.46. The summed E-state index contributed by atoms with van der Waals surface area (Å²) < 4.78 is 32.4. The van der Waals surface area contributed by atoms with E-state index in [9.17, 15) is 13.2 Å². The molecule has 1 aliphatic carbocycles. The van der Waals surface area contributed by atoms with Crippen molar-refractivity contribution < 1.29 is 17.9 Å². The second kappa shape index (κ2) is 10.4. The number of nitrogens with zero attached hydrogens (tertiary/aromatic N) is 1. The predicted molar refractivity (Wildman–Crippen MR) is 118 cm³/mol. The van der Waals surface area contributed by atoms with Gasteiger partial charge in [0.05, 0.1) is 12.4 Å². The number of anilines is 2. The zero-order valence-electron chi connectivity index (χ0n) is 17.3. The summed E-state index contributed by atoms with van der Waals surface area (Å²) in [5.74, 6) is 1.08. The first-order chi connectivity index (χ1) is 14.5. The minimum Gasteiger partial charge on any atom is -0.489 e. The molecule has 30 heavy (non-hydrogen) atoms. The van der Waals surface area contributed by atoms with Gasteiger partial charge in [-0.25, -0.2) is 13.4 Å². The summed E-state index contributed by atoms with van der Waals surface area (Å²) in [4.78, 5) is 17.0. The smallest absolute Gasteiger partial charge is 0.256 e. The van der Waals surface area contributed by atoms with Crippen molar-refractivity contribution in [3.63, 3.8) is 0 Å². The first-order valence-electron chi connectivity index (χ1n) is 10.5. The van der Waals surface area contributed by atoms with E-state index in [1.54, 1.807) is 43.5 Å². The molecule has 0 radical (unpaired) electrons. The lowest BCUT2D eigenvalue weighted by Gasteiger charge is -2.22. The van der Waals surface area contributed by atoms with Crippen LogP contribution in [0, 0.1) is 5.92 Å². The van der Waals surface area contributed by atoms with Gasteiger partial charge in [0.1, 0.15) is 0 Å². The number of sulfonamides is 1. The molecule has 2 aromatic rings. The normalized spacial score (nSPS) is 14.8. The van der Waals surface area contributed by atoms with E-state index in [2.05, 4.69) is 15.0 Å². The summed E-state index contributed by atoms with van der Waals surface area (Å²) >= 11 is 0. The summed E-state index contributed by atoms with van der Waals surface area (Å²) in [6.45, 7) is 2.41. The number of pyridine rings is 1. The summed E-state index contributed by atoms with van der Waals surface area (Å²) in [6, 6.07) is 9.95. The molecule has 8 heteroatoms. The molecule has 0 unspecified atom stereocenters. The van der Waals surface area contributed by atoms with E-state index in [0.29, 0.717) is 41.8 Å². The molecular weight excluding hydrogens is 402 g/mol. The molecular formula is C22H29N3O4S. The number of ether oxygens (including phenoxy) is 1. The summed E-state index contributed by atoms with van der Waals surface area (Å²) in [5, 5.41) is 2.78. The third-order valence-electron chi connectivity index (χ3n) is 5.07. The molecule has 1 aliphatic rings. The molecule has 1 aromatic carbocycles. The van der Waals surface area contributed by atoms with Crippen LogP contribution in [-0.2, 0) is 10.0 Å². The molecule has 1 fully saturated rings.